The lowest BCUT2D eigenvalue weighted by Gasteiger charge is -2.20. The first-order valence-corrected chi connectivity index (χ1v) is 21.8. The van der Waals surface area contributed by atoms with Crippen molar-refractivity contribution in [2.75, 3.05) is 45.8 Å². The first kappa shape index (κ1) is 58.3. The van der Waals surface area contributed by atoms with Gasteiger partial charge in [-0.05, 0) is 51.4 Å². The van der Waals surface area contributed by atoms with Crippen molar-refractivity contribution >= 4 is 42.3 Å². The van der Waals surface area contributed by atoms with Crippen molar-refractivity contribution in [1.29, 1.82) is 0 Å². The molecule has 0 aliphatic heterocycles. The van der Waals surface area contributed by atoms with Gasteiger partial charge in [0.25, 0.3) is 5.91 Å². The Morgan fingerprint density at radius 1 is 0.500 bits per heavy atom. The summed E-state index contributed by atoms with van der Waals surface area (Å²) in [5, 5.41) is 2.69. The Hall–Kier alpha value is -5.75. The number of aromatic nitrogens is 3. The summed E-state index contributed by atoms with van der Waals surface area (Å²) < 4.78 is 3.16. The fraction of sp³-hybridized carbons (Fsp3) is 0.762. The summed E-state index contributed by atoms with van der Waals surface area (Å²) >= 11 is 0. The third-order valence-electron chi connectivity index (χ3n) is 9.22. The van der Waals surface area contributed by atoms with E-state index >= 15 is 0 Å². The van der Waals surface area contributed by atoms with Crippen molar-refractivity contribution in [3.05, 3.63) is 31.5 Å². The van der Waals surface area contributed by atoms with E-state index in [1.165, 1.54) is 63.1 Å². The van der Waals surface area contributed by atoms with Crippen molar-refractivity contribution in [3.8, 4) is 0 Å². The van der Waals surface area contributed by atoms with E-state index in [4.69, 9.17) is 0 Å². The topological polar surface area (TPSA) is 263 Å². The molecular weight excluding hydrogens is 805 g/mol. The van der Waals surface area contributed by atoms with Crippen LogP contribution in [0.3, 0.4) is 0 Å². The molecule has 62 heavy (non-hydrogen) atoms. The second-order valence-electron chi connectivity index (χ2n) is 14.2. The van der Waals surface area contributed by atoms with Gasteiger partial charge in [-0.2, -0.15) is 4.99 Å². The fourth-order valence-corrected chi connectivity index (χ4v) is 5.75. The predicted octanol–water partition coefficient (Wildman–Crippen LogP) is 4.74. The summed E-state index contributed by atoms with van der Waals surface area (Å²) in [6.45, 7) is 6.90. The van der Waals surface area contributed by atoms with Gasteiger partial charge in [0.15, 0.2) is 0 Å². The summed E-state index contributed by atoms with van der Waals surface area (Å²) in [6, 6.07) is -0.512. The minimum absolute atomic E-state index is 0.222. The van der Waals surface area contributed by atoms with Gasteiger partial charge in [0.05, 0.1) is 26.2 Å². The minimum Gasteiger partial charge on any atom is -0.338 e. The number of carbonyl (C=O) groups is 2. The number of hydrogen-bond donors (Lipinski definition) is 1. The van der Waals surface area contributed by atoms with Gasteiger partial charge < -0.3 is 5.32 Å². The second kappa shape index (κ2) is 43.3. The summed E-state index contributed by atoms with van der Waals surface area (Å²) in [6.07, 6.45) is 24.9. The number of rotatable bonds is 33. The Morgan fingerprint density at radius 3 is 1.26 bits per heavy atom. The van der Waals surface area contributed by atoms with Gasteiger partial charge in [0.2, 0.25) is 30.4 Å². The molecule has 1 rings (SSSR count). The molecule has 0 saturated carbocycles. The van der Waals surface area contributed by atoms with Crippen LogP contribution in [0, 0.1) is 0 Å². The van der Waals surface area contributed by atoms with Gasteiger partial charge in [0, 0.05) is 33.2 Å². The molecule has 0 atom stereocenters. The average Bonchev–Trinajstić information content (AvgIpc) is 3.27. The normalized spacial score (nSPS) is 9.79. The quantitative estimate of drug-likeness (QED) is 0.0576. The van der Waals surface area contributed by atoms with Crippen LogP contribution in [0.25, 0.3) is 0 Å². The number of urea groups is 1. The van der Waals surface area contributed by atoms with Gasteiger partial charge >= 0.3 is 23.1 Å². The van der Waals surface area contributed by atoms with Crippen LogP contribution in [0.4, 0.5) is 4.79 Å². The molecule has 20 nitrogen and oxygen atoms in total. The molecule has 3 amide bonds. The lowest BCUT2D eigenvalue weighted by Crippen LogP contribution is -2.53. The Bertz CT molecular complexity index is 1740. The molecule has 0 spiro atoms. The van der Waals surface area contributed by atoms with Crippen LogP contribution < -0.4 is 22.4 Å². The number of aliphatic imine (C=N–C) groups is 5. The highest BCUT2D eigenvalue weighted by Gasteiger charge is 2.20. The number of isocyanates is 5. The standard InChI is InChI=1S/2C18H27N5O5.C6H14/c1-21-16(26)22(12-8-4-2-6-10-19-14-24)18(28)23(17(21)27)13-9-5-3-7-11-20-15-25;24-14-19-9-5-1-2-7-11-22-18(28)23(17(27)13-21-16-26)12-8-4-3-6-10-20-15-25;1-3-5-6-4-2/h2-13H2,1H3;1-13H2,(H,22,28);3-6H2,1-2H3. The Balaban J connectivity index is 0. The van der Waals surface area contributed by atoms with Crippen molar-refractivity contribution in [1.82, 2.24) is 23.9 Å². The van der Waals surface area contributed by atoms with Crippen LogP contribution in [-0.4, -0.2) is 107 Å². The minimum atomic E-state index is -0.608. The number of hydrogen-bond acceptors (Lipinski definition) is 15. The monoisotopic (exact) mass is 873 g/mol. The fourth-order valence-electron chi connectivity index (χ4n) is 5.75. The van der Waals surface area contributed by atoms with Crippen LogP contribution in [-0.2, 0) is 48.9 Å². The zero-order chi connectivity index (χ0) is 46.5. The van der Waals surface area contributed by atoms with Crippen LogP contribution in [0.5, 0.6) is 0 Å². The lowest BCUT2D eigenvalue weighted by molar-refractivity contribution is -0.126. The molecular formula is C42H68N10O10. The van der Waals surface area contributed by atoms with Crippen molar-refractivity contribution < 1.29 is 33.6 Å². The molecule has 0 saturated heterocycles. The van der Waals surface area contributed by atoms with Crippen LogP contribution in [0.1, 0.15) is 142 Å². The highest BCUT2D eigenvalue weighted by Crippen LogP contribution is 2.05. The maximum atomic E-state index is 12.6. The van der Waals surface area contributed by atoms with Crippen molar-refractivity contribution in [2.24, 2.45) is 32.0 Å². The lowest BCUT2D eigenvalue weighted by atomic mass is 10.2. The number of imide groups is 1. The number of carbonyl (C=O) groups excluding carboxylic acids is 7. The average molecular weight is 873 g/mol. The van der Waals surface area contributed by atoms with E-state index in [0.717, 1.165) is 102 Å². The van der Waals surface area contributed by atoms with Gasteiger partial charge in [-0.1, -0.05) is 90.9 Å². The molecule has 0 fully saturated rings. The van der Waals surface area contributed by atoms with Crippen LogP contribution in [0.15, 0.2) is 39.3 Å². The highest BCUT2D eigenvalue weighted by atomic mass is 16.2. The van der Waals surface area contributed by atoms with E-state index in [1.54, 1.807) is 0 Å². The number of nitrogens with one attached hydrogen (secondary N) is 1. The highest BCUT2D eigenvalue weighted by molar-refractivity contribution is 5.95. The van der Waals surface area contributed by atoms with Crippen LogP contribution in [0.2, 0.25) is 0 Å². The van der Waals surface area contributed by atoms with Crippen molar-refractivity contribution in [2.45, 2.75) is 155 Å². The maximum Gasteiger partial charge on any atom is 0.336 e. The van der Waals surface area contributed by atoms with Gasteiger partial charge in [-0.25, -0.2) is 76.8 Å². The second-order valence-corrected chi connectivity index (χ2v) is 14.2. The largest absolute Gasteiger partial charge is 0.338 e. The summed E-state index contributed by atoms with van der Waals surface area (Å²) in [5.74, 6) is -0.557. The molecule has 1 N–H and O–H groups in total. The molecule has 20 heteroatoms. The maximum absolute atomic E-state index is 12.6. The Morgan fingerprint density at radius 2 is 0.871 bits per heavy atom. The molecule has 0 unspecified atom stereocenters. The Labute approximate surface area is 363 Å². The molecule has 0 radical (unpaired) electrons. The summed E-state index contributed by atoms with van der Waals surface area (Å²) in [4.78, 5) is 130. The van der Waals surface area contributed by atoms with E-state index in [-0.39, 0.29) is 19.6 Å². The number of amides is 3. The molecule has 0 aromatic carbocycles. The van der Waals surface area contributed by atoms with Crippen molar-refractivity contribution in [3.63, 3.8) is 0 Å². The molecule has 1 aromatic rings. The van der Waals surface area contributed by atoms with E-state index < -0.39 is 35.6 Å². The zero-order valence-electron chi connectivity index (χ0n) is 37.1. The number of unbranched alkanes of at least 4 members (excludes halogenated alkanes) is 15. The van der Waals surface area contributed by atoms with E-state index in [9.17, 15) is 47.9 Å². The predicted molar refractivity (Wildman–Crippen MR) is 234 cm³/mol. The molecule has 346 valence electrons. The molecule has 0 aliphatic rings. The summed E-state index contributed by atoms with van der Waals surface area (Å²) in [7, 11) is 1.37. The molecule has 1 heterocycles. The first-order valence-electron chi connectivity index (χ1n) is 21.8. The summed E-state index contributed by atoms with van der Waals surface area (Å²) in [5.41, 5.74) is -1.80. The number of nitrogens with zero attached hydrogens (tertiary/aromatic N) is 9. The van der Waals surface area contributed by atoms with Gasteiger partial charge in [0.1, 0.15) is 6.54 Å². The SMILES string of the molecule is CCCCCC.Cn1c(=O)n(CCCCCCN=C=O)c(=O)n(CCCCCCN=C=O)c1=O.O=C=NCCCCCCNC(=O)N(CCCCCCN=C=O)C(=O)CN=C=O. The first-order chi connectivity index (χ1) is 30.1. The smallest absolute Gasteiger partial charge is 0.336 e. The molecule has 0 aliphatic carbocycles. The Kier molecular flexibility index (Phi) is 40.8. The van der Waals surface area contributed by atoms with Gasteiger partial charge in [-0.15, -0.1) is 0 Å². The zero-order valence-corrected chi connectivity index (χ0v) is 37.1. The molecule has 1 aromatic heterocycles. The third-order valence-corrected chi connectivity index (χ3v) is 9.22. The van der Waals surface area contributed by atoms with E-state index in [2.05, 4.69) is 44.1 Å². The third kappa shape index (κ3) is 31.2. The van der Waals surface area contributed by atoms with Crippen LogP contribution >= 0.6 is 0 Å². The van der Waals surface area contributed by atoms with E-state index in [1.807, 2.05) is 0 Å². The van der Waals surface area contributed by atoms with Gasteiger partial charge in [-0.3, -0.25) is 9.69 Å². The molecule has 0 bridgehead atoms. The van der Waals surface area contributed by atoms with E-state index in [0.29, 0.717) is 52.0 Å².